The summed E-state index contributed by atoms with van der Waals surface area (Å²) < 4.78 is 2.01. The molecular weight excluding hydrogens is 350 g/mol. The first kappa shape index (κ1) is 16.9. The van der Waals surface area contributed by atoms with E-state index >= 15 is 0 Å². The molecule has 0 atom stereocenters. The number of H-pyrrole nitrogens is 1. The van der Waals surface area contributed by atoms with Crippen LogP contribution in [0.5, 0.6) is 0 Å². The molecule has 0 saturated heterocycles. The maximum atomic E-state index is 4.69. The highest BCUT2D eigenvalue weighted by Gasteiger charge is 2.27. The fourth-order valence-electron chi connectivity index (χ4n) is 3.60. The summed E-state index contributed by atoms with van der Waals surface area (Å²) in [6, 6.07) is 8.49. The number of aromatic nitrogens is 6. The molecule has 1 saturated carbocycles. The van der Waals surface area contributed by atoms with Crippen molar-refractivity contribution in [3.63, 3.8) is 0 Å². The summed E-state index contributed by atoms with van der Waals surface area (Å²) in [7, 11) is 4.05. The Balaban J connectivity index is 1.50. The van der Waals surface area contributed by atoms with Crippen molar-refractivity contribution in [3.8, 4) is 11.4 Å². The summed E-state index contributed by atoms with van der Waals surface area (Å²) in [4.78, 5) is 15.8. The summed E-state index contributed by atoms with van der Waals surface area (Å²) in [5.41, 5.74) is 5.40. The monoisotopic (exact) mass is 373 g/mol. The summed E-state index contributed by atoms with van der Waals surface area (Å²) >= 11 is 0. The Kier molecular flexibility index (Phi) is 3.89. The van der Waals surface area contributed by atoms with Crippen molar-refractivity contribution in [2.75, 3.05) is 11.9 Å². The average molecular weight is 373 g/mol. The van der Waals surface area contributed by atoms with Crippen molar-refractivity contribution in [1.82, 2.24) is 29.7 Å². The molecule has 1 fully saturated rings. The van der Waals surface area contributed by atoms with Gasteiger partial charge in [0.2, 0.25) is 0 Å². The van der Waals surface area contributed by atoms with E-state index in [0.717, 1.165) is 46.2 Å². The van der Waals surface area contributed by atoms with Crippen LogP contribution < -0.4 is 4.90 Å². The minimum absolute atomic E-state index is 0.574. The van der Waals surface area contributed by atoms with Gasteiger partial charge < -0.3 is 9.47 Å². The molecule has 3 aromatic heterocycles. The van der Waals surface area contributed by atoms with Gasteiger partial charge in [0.25, 0.3) is 0 Å². The van der Waals surface area contributed by atoms with Gasteiger partial charge in [-0.15, -0.1) is 0 Å². The molecule has 0 spiro atoms. The molecule has 142 valence electrons. The van der Waals surface area contributed by atoms with Crippen molar-refractivity contribution in [1.29, 1.82) is 0 Å². The van der Waals surface area contributed by atoms with Gasteiger partial charge in [0.1, 0.15) is 17.2 Å². The first-order valence-electron chi connectivity index (χ1n) is 9.70. The predicted octanol–water partition coefficient (Wildman–Crippen LogP) is 3.96. The van der Waals surface area contributed by atoms with E-state index in [1.807, 2.05) is 24.1 Å². The van der Waals surface area contributed by atoms with Gasteiger partial charge in [-0.25, -0.2) is 15.0 Å². The Morgan fingerprint density at radius 1 is 1.21 bits per heavy atom. The van der Waals surface area contributed by atoms with E-state index in [-0.39, 0.29) is 0 Å². The van der Waals surface area contributed by atoms with Crippen LogP contribution in [-0.4, -0.2) is 36.8 Å². The number of aryl methyl sites for hydroxylation is 2. The minimum atomic E-state index is 0.574. The molecule has 0 amide bonds. The van der Waals surface area contributed by atoms with Crippen molar-refractivity contribution < 1.29 is 0 Å². The molecule has 5 rings (SSSR count). The van der Waals surface area contributed by atoms with E-state index < -0.39 is 0 Å². The molecule has 7 heteroatoms. The maximum Gasteiger partial charge on any atom is 0.181 e. The number of rotatable bonds is 5. The number of pyridine rings is 1. The normalized spacial score (nSPS) is 14.0. The van der Waals surface area contributed by atoms with Crippen molar-refractivity contribution in [2.45, 2.75) is 32.1 Å². The van der Waals surface area contributed by atoms with Crippen molar-refractivity contribution in [2.24, 2.45) is 7.05 Å². The predicted molar refractivity (Wildman–Crippen MR) is 110 cm³/mol. The van der Waals surface area contributed by atoms with Crippen LogP contribution in [0.4, 0.5) is 11.5 Å². The molecule has 7 nitrogen and oxygen atoms in total. The van der Waals surface area contributed by atoms with Crippen LogP contribution in [-0.2, 0) is 13.5 Å². The second kappa shape index (κ2) is 6.44. The number of anilines is 2. The lowest BCUT2D eigenvalue weighted by Gasteiger charge is -2.22. The smallest absolute Gasteiger partial charge is 0.181 e. The number of nitrogens with one attached hydrogen (secondary N) is 1. The van der Waals surface area contributed by atoms with Gasteiger partial charge in [-0.3, -0.25) is 5.10 Å². The Hall–Kier alpha value is -3.22. The van der Waals surface area contributed by atoms with Crippen LogP contribution in [0.2, 0.25) is 0 Å². The van der Waals surface area contributed by atoms with Gasteiger partial charge in [0.05, 0.1) is 18.0 Å². The second-order valence-electron chi connectivity index (χ2n) is 7.46. The zero-order chi connectivity index (χ0) is 19.3. The maximum absolute atomic E-state index is 4.69. The van der Waals surface area contributed by atoms with E-state index in [4.69, 9.17) is 0 Å². The number of nitrogens with zero attached hydrogens (tertiary/aromatic N) is 6. The van der Waals surface area contributed by atoms with Gasteiger partial charge in [-0.2, -0.15) is 5.10 Å². The van der Waals surface area contributed by atoms with Crippen LogP contribution in [0.3, 0.4) is 0 Å². The van der Waals surface area contributed by atoms with Crippen LogP contribution in [0, 0.1) is 0 Å². The second-order valence-corrected chi connectivity index (χ2v) is 7.46. The third-order valence-corrected chi connectivity index (χ3v) is 5.49. The Morgan fingerprint density at radius 3 is 2.86 bits per heavy atom. The summed E-state index contributed by atoms with van der Waals surface area (Å²) in [6.07, 6.45) is 6.99. The highest BCUT2D eigenvalue weighted by molar-refractivity contribution is 5.79. The minimum Gasteiger partial charge on any atom is -0.334 e. The SMILES string of the molecule is CCc1cc(-c2n[nH]c(C3CC3)n2)ccc1N(C)c1cc2c(cn1)ncn2C. The molecule has 1 aromatic carbocycles. The quantitative estimate of drug-likeness (QED) is 0.573. The third kappa shape index (κ3) is 2.83. The lowest BCUT2D eigenvalue weighted by Crippen LogP contribution is -2.13. The molecule has 0 bridgehead atoms. The van der Waals surface area contributed by atoms with Crippen molar-refractivity contribution in [3.05, 3.63) is 48.2 Å². The van der Waals surface area contributed by atoms with E-state index in [1.165, 1.54) is 18.4 Å². The fraction of sp³-hybridized carbons (Fsp3) is 0.333. The Labute approximate surface area is 163 Å². The average Bonchev–Trinajstić information content (AvgIpc) is 3.35. The molecule has 0 radical (unpaired) electrons. The number of fused-ring (bicyclic) bond motifs is 1. The number of imidazole rings is 1. The van der Waals surface area contributed by atoms with Gasteiger partial charge in [-0.1, -0.05) is 6.92 Å². The zero-order valence-corrected chi connectivity index (χ0v) is 16.3. The van der Waals surface area contributed by atoms with Crippen LogP contribution >= 0.6 is 0 Å². The van der Waals surface area contributed by atoms with E-state index in [2.05, 4.69) is 68.3 Å². The van der Waals surface area contributed by atoms with Gasteiger partial charge in [0, 0.05) is 37.3 Å². The molecular formula is C21H23N7. The highest BCUT2D eigenvalue weighted by atomic mass is 15.2. The fourth-order valence-corrected chi connectivity index (χ4v) is 3.60. The van der Waals surface area contributed by atoms with Gasteiger partial charge in [-0.05, 0) is 43.0 Å². The number of aromatic amines is 1. The van der Waals surface area contributed by atoms with E-state index in [1.54, 1.807) is 0 Å². The van der Waals surface area contributed by atoms with E-state index in [0.29, 0.717) is 5.92 Å². The van der Waals surface area contributed by atoms with Crippen LogP contribution in [0.25, 0.3) is 22.4 Å². The zero-order valence-electron chi connectivity index (χ0n) is 16.3. The standard InChI is InChI=1S/C21H23N7/c1-4-13-9-15(21-24-20(25-26-21)14-5-6-14)7-8-17(13)28(3)19-10-18-16(11-22-19)23-12-27(18)2/h7-12,14H,4-6H2,1-3H3,(H,24,25,26). The topological polar surface area (TPSA) is 75.5 Å². The third-order valence-electron chi connectivity index (χ3n) is 5.49. The van der Waals surface area contributed by atoms with Crippen LogP contribution in [0.1, 0.15) is 37.1 Å². The molecule has 0 unspecified atom stereocenters. The van der Waals surface area contributed by atoms with E-state index in [9.17, 15) is 0 Å². The number of benzene rings is 1. The molecule has 28 heavy (non-hydrogen) atoms. The van der Waals surface area contributed by atoms with Crippen LogP contribution in [0.15, 0.2) is 36.8 Å². The molecule has 3 heterocycles. The molecule has 1 aliphatic rings. The summed E-state index contributed by atoms with van der Waals surface area (Å²) in [5, 5.41) is 7.52. The lowest BCUT2D eigenvalue weighted by molar-refractivity contribution is 0.935. The summed E-state index contributed by atoms with van der Waals surface area (Å²) in [6.45, 7) is 2.17. The lowest BCUT2D eigenvalue weighted by atomic mass is 10.0. The Bertz CT molecular complexity index is 1150. The first-order chi connectivity index (χ1) is 13.6. The Morgan fingerprint density at radius 2 is 2.07 bits per heavy atom. The highest BCUT2D eigenvalue weighted by Crippen LogP contribution is 2.38. The number of hydrogen-bond donors (Lipinski definition) is 1. The first-order valence-corrected chi connectivity index (χ1v) is 9.70. The van der Waals surface area contributed by atoms with Gasteiger partial charge >= 0.3 is 0 Å². The number of hydrogen-bond acceptors (Lipinski definition) is 5. The molecule has 1 aliphatic carbocycles. The molecule has 1 N–H and O–H groups in total. The largest absolute Gasteiger partial charge is 0.334 e. The summed E-state index contributed by atoms with van der Waals surface area (Å²) in [5.74, 6) is 3.26. The molecule has 4 aromatic rings. The molecule has 0 aliphatic heterocycles. The van der Waals surface area contributed by atoms with Gasteiger partial charge in [0.15, 0.2) is 5.82 Å². The van der Waals surface area contributed by atoms with Crippen molar-refractivity contribution >= 4 is 22.5 Å².